The number of piperazine rings is 1. The Bertz CT molecular complexity index is 943. The van der Waals surface area contributed by atoms with Crippen LogP contribution in [0.15, 0.2) is 60.8 Å². The number of nitrogens with zero attached hydrogens (tertiary/aromatic N) is 4. The van der Waals surface area contributed by atoms with E-state index in [9.17, 15) is 0 Å². The Balaban J connectivity index is 1.46. The highest BCUT2D eigenvalue weighted by molar-refractivity contribution is 5.66. The molecule has 1 N–H and O–H groups in total. The summed E-state index contributed by atoms with van der Waals surface area (Å²) in [6, 6.07) is 18.0. The van der Waals surface area contributed by atoms with Crippen LogP contribution in [0, 0.1) is 0 Å². The lowest BCUT2D eigenvalue weighted by Crippen LogP contribution is -2.47. The second kappa shape index (κ2) is 8.68. The van der Waals surface area contributed by atoms with E-state index in [1.54, 1.807) is 20.4 Å². The van der Waals surface area contributed by atoms with Crippen LogP contribution in [0.5, 0.6) is 11.5 Å². The van der Waals surface area contributed by atoms with E-state index in [1.807, 2.05) is 30.3 Å². The summed E-state index contributed by atoms with van der Waals surface area (Å²) in [5, 5.41) is 3.32. The molecule has 3 aromatic rings. The summed E-state index contributed by atoms with van der Waals surface area (Å²) < 4.78 is 10.8. The van der Waals surface area contributed by atoms with E-state index in [-0.39, 0.29) is 0 Å². The van der Waals surface area contributed by atoms with Gasteiger partial charge in [0, 0.05) is 44.1 Å². The number of nitrogens with one attached hydrogen (secondary N) is 1. The van der Waals surface area contributed by atoms with Crippen molar-refractivity contribution in [3.05, 3.63) is 60.8 Å². The predicted octanol–water partition coefficient (Wildman–Crippen LogP) is 3.56. The smallest absolute Gasteiger partial charge is 0.227 e. The second-order valence-electron chi connectivity index (χ2n) is 6.74. The Hall–Kier alpha value is -3.48. The molecule has 0 amide bonds. The first kappa shape index (κ1) is 18.9. The quantitative estimate of drug-likeness (QED) is 0.689. The maximum Gasteiger partial charge on any atom is 0.227 e. The average molecular weight is 391 g/mol. The molecular weight excluding hydrogens is 366 g/mol. The fourth-order valence-corrected chi connectivity index (χ4v) is 3.42. The Morgan fingerprint density at radius 3 is 2.34 bits per heavy atom. The summed E-state index contributed by atoms with van der Waals surface area (Å²) in [6.07, 6.45) is 1.78. The normalized spacial score (nSPS) is 13.9. The van der Waals surface area contributed by atoms with Crippen LogP contribution in [0.2, 0.25) is 0 Å². The van der Waals surface area contributed by atoms with Gasteiger partial charge >= 0.3 is 0 Å². The largest absolute Gasteiger partial charge is 0.497 e. The first-order valence-electron chi connectivity index (χ1n) is 9.64. The van der Waals surface area contributed by atoms with Crippen LogP contribution < -0.4 is 24.6 Å². The van der Waals surface area contributed by atoms with Crippen LogP contribution >= 0.6 is 0 Å². The van der Waals surface area contributed by atoms with Crippen molar-refractivity contribution in [3.63, 3.8) is 0 Å². The Kier molecular flexibility index (Phi) is 5.65. The highest BCUT2D eigenvalue weighted by atomic mass is 16.5. The van der Waals surface area contributed by atoms with Crippen molar-refractivity contribution in [1.82, 2.24) is 9.97 Å². The number of hydrogen-bond donors (Lipinski definition) is 1. The summed E-state index contributed by atoms with van der Waals surface area (Å²) in [5.41, 5.74) is 2.05. The minimum absolute atomic E-state index is 0.715. The monoisotopic (exact) mass is 391 g/mol. The number of para-hydroxylation sites is 1. The number of benzene rings is 2. The molecular formula is C22H25N5O2. The zero-order valence-electron chi connectivity index (χ0n) is 16.7. The van der Waals surface area contributed by atoms with E-state index in [1.165, 1.54) is 5.69 Å². The Morgan fingerprint density at radius 1 is 0.862 bits per heavy atom. The van der Waals surface area contributed by atoms with Gasteiger partial charge in [-0.15, -0.1) is 0 Å². The van der Waals surface area contributed by atoms with Crippen molar-refractivity contribution < 1.29 is 9.47 Å². The van der Waals surface area contributed by atoms with Gasteiger partial charge in [0.15, 0.2) is 0 Å². The van der Waals surface area contributed by atoms with Crippen LogP contribution in [0.1, 0.15) is 0 Å². The minimum Gasteiger partial charge on any atom is -0.497 e. The molecule has 0 spiro atoms. The van der Waals surface area contributed by atoms with Gasteiger partial charge in [0.2, 0.25) is 5.95 Å². The molecule has 0 radical (unpaired) electrons. The third-order valence-electron chi connectivity index (χ3n) is 5.00. The van der Waals surface area contributed by atoms with Crippen LogP contribution in [-0.4, -0.2) is 50.4 Å². The molecule has 1 saturated heterocycles. The van der Waals surface area contributed by atoms with Crippen LogP contribution in [0.3, 0.4) is 0 Å². The predicted molar refractivity (Wildman–Crippen MR) is 116 cm³/mol. The molecule has 7 nitrogen and oxygen atoms in total. The zero-order chi connectivity index (χ0) is 20.1. The van der Waals surface area contributed by atoms with Crippen molar-refractivity contribution in [1.29, 1.82) is 0 Å². The van der Waals surface area contributed by atoms with Crippen molar-refractivity contribution in [2.45, 2.75) is 0 Å². The Labute approximate surface area is 170 Å². The van der Waals surface area contributed by atoms with Gasteiger partial charge in [-0.2, -0.15) is 4.98 Å². The van der Waals surface area contributed by atoms with Gasteiger partial charge in [0.1, 0.15) is 17.3 Å². The van der Waals surface area contributed by atoms with E-state index in [0.717, 1.165) is 49.3 Å². The first-order valence-corrected chi connectivity index (χ1v) is 9.64. The molecule has 4 rings (SSSR count). The van der Waals surface area contributed by atoms with Crippen LogP contribution in [0.25, 0.3) is 0 Å². The SMILES string of the molecule is COc1ccc(OC)c(Nc2ccnc(N3CCN(c4ccccc4)CC3)n2)c1. The topological polar surface area (TPSA) is 62.8 Å². The molecule has 2 aromatic carbocycles. The van der Waals surface area contributed by atoms with Crippen molar-refractivity contribution in [2.75, 3.05) is 55.5 Å². The summed E-state index contributed by atoms with van der Waals surface area (Å²) in [5.74, 6) is 2.92. The van der Waals surface area contributed by atoms with E-state index in [2.05, 4.69) is 44.4 Å². The summed E-state index contributed by atoms with van der Waals surface area (Å²) in [6.45, 7) is 3.63. The molecule has 7 heteroatoms. The molecule has 1 aliphatic heterocycles. The summed E-state index contributed by atoms with van der Waals surface area (Å²) in [4.78, 5) is 13.8. The van der Waals surface area contributed by atoms with Gasteiger partial charge in [0.05, 0.1) is 19.9 Å². The summed E-state index contributed by atoms with van der Waals surface area (Å²) >= 11 is 0. The molecule has 150 valence electrons. The van der Waals surface area contributed by atoms with Gasteiger partial charge in [-0.1, -0.05) is 18.2 Å². The third kappa shape index (κ3) is 4.34. The van der Waals surface area contributed by atoms with Gasteiger partial charge in [-0.3, -0.25) is 0 Å². The molecule has 0 unspecified atom stereocenters. The maximum absolute atomic E-state index is 5.44. The molecule has 0 atom stereocenters. The number of anilines is 4. The minimum atomic E-state index is 0.715. The fraction of sp³-hybridized carbons (Fsp3) is 0.273. The molecule has 29 heavy (non-hydrogen) atoms. The molecule has 2 heterocycles. The number of methoxy groups -OCH3 is 2. The van der Waals surface area contributed by atoms with Gasteiger partial charge in [-0.05, 0) is 30.3 Å². The standard InChI is InChI=1S/C22H25N5O2/c1-28-18-8-9-20(29-2)19(16-18)24-21-10-11-23-22(25-21)27-14-12-26(13-15-27)17-6-4-3-5-7-17/h3-11,16H,12-15H2,1-2H3,(H,23,24,25). The van der Waals surface area contributed by atoms with Gasteiger partial charge in [0.25, 0.3) is 0 Å². The average Bonchev–Trinajstić information content (AvgIpc) is 2.80. The number of rotatable bonds is 6. The molecule has 0 aliphatic carbocycles. The van der Waals surface area contributed by atoms with E-state index in [4.69, 9.17) is 14.5 Å². The van der Waals surface area contributed by atoms with Gasteiger partial charge in [-0.25, -0.2) is 4.98 Å². The Morgan fingerprint density at radius 2 is 1.62 bits per heavy atom. The highest BCUT2D eigenvalue weighted by Gasteiger charge is 2.19. The van der Waals surface area contributed by atoms with E-state index < -0.39 is 0 Å². The van der Waals surface area contributed by atoms with Crippen LogP contribution in [-0.2, 0) is 0 Å². The maximum atomic E-state index is 5.44. The third-order valence-corrected chi connectivity index (χ3v) is 5.00. The molecule has 1 aromatic heterocycles. The number of ether oxygens (including phenoxy) is 2. The lowest BCUT2D eigenvalue weighted by atomic mass is 10.2. The van der Waals surface area contributed by atoms with Gasteiger partial charge < -0.3 is 24.6 Å². The highest BCUT2D eigenvalue weighted by Crippen LogP contribution is 2.31. The van der Waals surface area contributed by atoms with E-state index >= 15 is 0 Å². The lowest BCUT2D eigenvalue weighted by Gasteiger charge is -2.36. The van der Waals surface area contributed by atoms with E-state index in [0.29, 0.717) is 5.82 Å². The zero-order valence-corrected chi connectivity index (χ0v) is 16.7. The molecule has 0 saturated carbocycles. The number of hydrogen-bond acceptors (Lipinski definition) is 7. The first-order chi connectivity index (χ1) is 14.3. The van der Waals surface area contributed by atoms with Crippen LogP contribution in [0.4, 0.5) is 23.1 Å². The summed E-state index contributed by atoms with van der Waals surface area (Å²) in [7, 11) is 3.29. The molecule has 1 aliphatic rings. The van der Waals surface area contributed by atoms with Crippen molar-refractivity contribution in [2.24, 2.45) is 0 Å². The number of aromatic nitrogens is 2. The molecule has 1 fully saturated rings. The van der Waals surface area contributed by atoms with Crippen molar-refractivity contribution >= 4 is 23.1 Å². The molecule has 0 bridgehead atoms. The fourth-order valence-electron chi connectivity index (χ4n) is 3.42. The second-order valence-corrected chi connectivity index (χ2v) is 6.74. The lowest BCUT2D eigenvalue weighted by molar-refractivity contribution is 0.405. The van der Waals surface area contributed by atoms with Crippen molar-refractivity contribution in [3.8, 4) is 11.5 Å².